The number of rotatable bonds is 5. The number of aliphatic hydroxyl groups is 1. The number of aromatic carboxylic acids is 1. The van der Waals surface area contributed by atoms with Crippen molar-refractivity contribution >= 4 is 11.7 Å². The van der Waals surface area contributed by atoms with Crippen LogP contribution in [-0.2, 0) is 0 Å². The molecule has 2 aliphatic rings. The minimum absolute atomic E-state index is 0.0460. The molecule has 1 aromatic carbocycles. The maximum Gasteiger partial charge on any atom is 0.337 e. The van der Waals surface area contributed by atoms with Gasteiger partial charge in [-0.15, -0.1) is 0 Å². The predicted octanol–water partition coefficient (Wildman–Crippen LogP) is 3.04. The summed E-state index contributed by atoms with van der Waals surface area (Å²) in [5, 5.41) is 19.4. The van der Waals surface area contributed by atoms with Crippen molar-refractivity contribution in [2.45, 2.75) is 44.2 Å². The fourth-order valence-corrected chi connectivity index (χ4v) is 4.24. The highest BCUT2D eigenvalue weighted by Crippen LogP contribution is 2.44. The molecule has 2 aromatic rings. The number of aliphatic hydroxyl groups excluding tert-OH is 1. The van der Waals surface area contributed by atoms with E-state index < -0.39 is 5.97 Å². The molecule has 0 radical (unpaired) electrons. The van der Waals surface area contributed by atoms with Crippen LogP contribution in [0.25, 0.3) is 0 Å². The van der Waals surface area contributed by atoms with Crippen LogP contribution < -0.4 is 9.47 Å². The molecule has 7 nitrogen and oxygen atoms in total. The minimum atomic E-state index is -1.01. The van der Waals surface area contributed by atoms with Crippen LogP contribution >= 0.6 is 0 Å². The number of nitrogens with zero attached hydrogens (tertiary/aromatic N) is 2. The summed E-state index contributed by atoms with van der Waals surface area (Å²) in [4.78, 5) is 20.5. The molecule has 2 heterocycles. The highest BCUT2D eigenvalue weighted by atomic mass is 16.5. The van der Waals surface area contributed by atoms with Crippen molar-refractivity contribution in [3.05, 3.63) is 52.8 Å². The van der Waals surface area contributed by atoms with Gasteiger partial charge in [-0.05, 0) is 56.0 Å². The first kappa shape index (κ1) is 19.4. The van der Waals surface area contributed by atoms with Gasteiger partial charge in [-0.1, -0.05) is 0 Å². The molecular formula is C22H24N2O5. The van der Waals surface area contributed by atoms with Crippen molar-refractivity contribution in [1.82, 2.24) is 4.98 Å². The number of carboxylic acid groups (broad SMARTS) is 1. The van der Waals surface area contributed by atoms with Crippen molar-refractivity contribution in [3.63, 3.8) is 0 Å². The fraction of sp³-hybridized carbons (Fsp3) is 0.409. The van der Waals surface area contributed by atoms with E-state index in [1.54, 1.807) is 13.2 Å². The van der Waals surface area contributed by atoms with Crippen LogP contribution in [0.4, 0.5) is 0 Å². The molecule has 1 aromatic heterocycles. The Kier molecular flexibility index (Phi) is 5.24. The summed E-state index contributed by atoms with van der Waals surface area (Å²) < 4.78 is 11.3. The van der Waals surface area contributed by atoms with E-state index in [0.29, 0.717) is 36.6 Å². The Bertz CT molecular complexity index is 954. The molecule has 0 unspecified atom stereocenters. The van der Waals surface area contributed by atoms with Crippen molar-refractivity contribution in [1.29, 1.82) is 0 Å². The number of carboxylic acids is 1. The first-order valence-corrected chi connectivity index (χ1v) is 9.82. The summed E-state index contributed by atoms with van der Waals surface area (Å²) in [5.74, 6) is 0.360. The van der Waals surface area contributed by atoms with Gasteiger partial charge in [0.05, 0.1) is 42.8 Å². The third-order valence-corrected chi connectivity index (χ3v) is 5.62. The Hall–Kier alpha value is -2.93. The lowest BCUT2D eigenvalue weighted by Gasteiger charge is -2.37. The van der Waals surface area contributed by atoms with Crippen molar-refractivity contribution in [3.8, 4) is 11.5 Å². The lowest BCUT2D eigenvalue weighted by atomic mass is 9.74. The van der Waals surface area contributed by atoms with Crippen LogP contribution in [0.3, 0.4) is 0 Å². The van der Waals surface area contributed by atoms with E-state index in [1.807, 2.05) is 19.1 Å². The van der Waals surface area contributed by atoms with Gasteiger partial charge >= 0.3 is 5.97 Å². The normalized spacial score (nSPS) is 22.9. The maximum absolute atomic E-state index is 11.2. The molecule has 152 valence electrons. The summed E-state index contributed by atoms with van der Waals surface area (Å²) in [5.41, 5.74) is 3.42. The van der Waals surface area contributed by atoms with Gasteiger partial charge in [-0.25, -0.2) is 4.79 Å². The molecular weight excluding hydrogens is 372 g/mol. The molecule has 0 bridgehead atoms. The van der Waals surface area contributed by atoms with Gasteiger partial charge in [0.2, 0.25) is 0 Å². The van der Waals surface area contributed by atoms with Gasteiger partial charge in [0.25, 0.3) is 0 Å². The number of methoxy groups -OCH3 is 1. The summed E-state index contributed by atoms with van der Waals surface area (Å²) in [6, 6.07) is 7.17. The van der Waals surface area contributed by atoms with E-state index in [0.717, 1.165) is 23.3 Å². The number of aliphatic imine (C=N–C) groups is 1. The second-order valence-corrected chi connectivity index (χ2v) is 7.38. The molecule has 0 spiro atoms. The van der Waals surface area contributed by atoms with Gasteiger partial charge < -0.3 is 19.7 Å². The maximum atomic E-state index is 11.2. The standard InChI is InChI=1S/C22H24N2O5/c1-3-29-20-9-14-15-8-13(25)5-7-17(15)24-21(16(14)10-19(20)28-2)18-6-4-12(11-23-18)22(26)27/h4,6,9-11,13,15,17,25H,3,5,7-8H2,1-2H3,(H,26,27)/t13-,15-,17-/m1/s1. The number of hydrogen-bond acceptors (Lipinski definition) is 6. The lowest BCUT2D eigenvalue weighted by Crippen LogP contribution is -2.34. The number of aromatic nitrogens is 1. The number of fused-ring (bicyclic) bond motifs is 3. The Morgan fingerprint density at radius 2 is 2.07 bits per heavy atom. The second kappa shape index (κ2) is 7.83. The molecule has 0 saturated heterocycles. The van der Waals surface area contributed by atoms with E-state index in [1.165, 1.54) is 12.3 Å². The molecule has 7 heteroatoms. The van der Waals surface area contributed by atoms with Crippen LogP contribution in [0.5, 0.6) is 11.5 Å². The highest BCUT2D eigenvalue weighted by molar-refractivity contribution is 6.14. The topological polar surface area (TPSA) is 101 Å². The second-order valence-electron chi connectivity index (χ2n) is 7.38. The van der Waals surface area contributed by atoms with Gasteiger partial charge in [0.1, 0.15) is 0 Å². The Labute approximate surface area is 169 Å². The molecule has 1 aliphatic heterocycles. The molecule has 1 aliphatic carbocycles. The zero-order valence-electron chi connectivity index (χ0n) is 16.5. The van der Waals surface area contributed by atoms with Gasteiger partial charge in [0.15, 0.2) is 11.5 Å². The minimum Gasteiger partial charge on any atom is -0.493 e. The highest BCUT2D eigenvalue weighted by Gasteiger charge is 2.37. The monoisotopic (exact) mass is 396 g/mol. The quantitative estimate of drug-likeness (QED) is 0.806. The van der Waals surface area contributed by atoms with E-state index in [4.69, 9.17) is 19.6 Å². The molecule has 2 N–H and O–H groups in total. The zero-order chi connectivity index (χ0) is 20.5. The van der Waals surface area contributed by atoms with Crippen molar-refractivity contribution in [2.24, 2.45) is 4.99 Å². The number of pyridine rings is 1. The van der Waals surface area contributed by atoms with E-state index in [-0.39, 0.29) is 23.6 Å². The summed E-state index contributed by atoms with van der Waals surface area (Å²) >= 11 is 0. The smallest absolute Gasteiger partial charge is 0.337 e. The molecule has 4 rings (SSSR count). The van der Waals surface area contributed by atoms with Crippen LogP contribution in [-0.4, -0.2) is 52.7 Å². The third kappa shape index (κ3) is 3.58. The van der Waals surface area contributed by atoms with Crippen molar-refractivity contribution < 1.29 is 24.5 Å². The Morgan fingerprint density at radius 3 is 2.72 bits per heavy atom. The predicted molar refractivity (Wildman–Crippen MR) is 107 cm³/mol. The molecule has 29 heavy (non-hydrogen) atoms. The first-order chi connectivity index (χ1) is 14.0. The Balaban J connectivity index is 1.85. The number of hydrogen-bond donors (Lipinski definition) is 2. The van der Waals surface area contributed by atoms with Crippen molar-refractivity contribution in [2.75, 3.05) is 13.7 Å². The van der Waals surface area contributed by atoms with E-state index in [2.05, 4.69) is 4.98 Å². The van der Waals surface area contributed by atoms with Crippen LogP contribution in [0.1, 0.15) is 59.3 Å². The fourth-order valence-electron chi connectivity index (χ4n) is 4.24. The van der Waals surface area contributed by atoms with E-state index >= 15 is 0 Å². The summed E-state index contributed by atoms with van der Waals surface area (Å²) in [6.45, 7) is 2.44. The SMILES string of the molecule is CCOc1cc2c(cc1OC)C(c1ccc(C(=O)O)cn1)=N[C@@H]1CC[C@@H](O)C[C@H]21. The first-order valence-electron chi connectivity index (χ1n) is 9.82. The summed E-state index contributed by atoms with van der Waals surface area (Å²) in [7, 11) is 1.59. The van der Waals surface area contributed by atoms with Gasteiger partial charge in [-0.3, -0.25) is 9.98 Å². The lowest BCUT2D eigenvalue weighted by molar-refractivity contribution is 0.0696. The third-order valence-electron chi connectivity index (χ3n) is 5.62. The average molecular weight is 396 g/mol. The van der Waals surface area contributed by atoms with Crippen LogP contribution in [0, 0.1) is 0 Å². The largest absolute Gasteiger partial charge is 0.493 e. The molecule has 1 fully saturated rings. The molecule has 0 amide bonds. The number of benzene rings is 1. The van der Waals surface area contributed by atoms with Crippen LogP contribution in [0.2, 0.25) is 0 Å². The summed E-state index contributed by atoms with van der Waals surface area (Å²) in [6.07, 6.45) is 3.16. The van der Waals surface area contributed by atoms with E-state index in [9.17, 15) is 9.90 Å². The van der Waals surface area contributed by atoms with Gasteiger partial charge in [-0.2, -0.15) is 0 Å². The zero-order valence-corrected chi connectivity index (χ0v) is 16.5. The van der Waals surface area contributed by atoms with Crippen LogP contribution in [0.15, 0.2) is 35.5 Å². The average Bonchev–Trinajstić information content (AvgIpc) is 2.73. The molecule has 3 atom stereocenters. The molecule has 1 saturated carbocycles. The number of ether oxygens (including phenoxy) is 2. The Morgan fingerprint density at radius 1 is 1.24 bits per heavy atom. The number of carbonyl (C=O) groups is 1. The van der Waals surface area contributed by atoms with Gasteiger partial charge in [0, 0.05) is 17.7 Å².